The van der Waals surface area contributed by atoms with E-state index in [2.05, 4.69) is 13.0 Å². The summed E-state index contributed by atoms with van der Waals surface area (Å²) in [6.07, 6.45) is -0.656. The zero-order valence-electron chi connectivity index (χ0n) is 12.6. The number of hydrogen-bond acceptors (Lipinski definition) is 2. The summed E-state index contributed by atoms with van der Waals surface area (Å²) in [7, 11) is 0. The average molecular weight is 270 g/mol. The predicted molar refractivity (Wildman–Crippen MR) is 82.3 cm³/mol. The molecular weight excluding hydrogens is 248 g/mol. The number of aliphatic hydroxyl groups is 1. The van der Waals surface area contributed by atoms with Gasteiger partial charge in [0.1, 0.15) is 11.9 Å². The molecule has 0 saturated carbocycles. The fraction of sp³-hybridized carbons (Fsp3) is 0.333. The summed E-state index contributed by atoms with van der Waals surface area (Å²) in [4.78, 5) is 0. The van der Waals surface area contributed by atoms with Crippen LogP contribution in [0.3, 0.4) is 0 Å². The zero-order valence-corrected chi connectivity index (χ0v) is 12.6. The van der Waals surface area contributed by atoms with E-state index in [-0.39, 0.29) is 0 Å². The topological polar surface area (TPSA) is 29.5 Å². The van der Waals surface area contributed by atoms with Gasteiger partial charge in [-0.2, -0.15) is 0 Å². The minimum atomic E-state index is -0.656. The summed E-state index contributed by atoms with van der Waals surface area (Å²) in [5.74, 6) is 0.755. The van der Waals surface area contributed by atoms with E-state index in [9.17, 15) is 5.11 Å². The van der Waals surface area contributed by atoms with Gasteiger partial charge in [-0.25, -0.2) is 0 Å². The van der Waals surface area contributed by atoms with Crippen LogP contribution in [0, 0.1) is 20.8 Å². The Kier molecular flexibility index (Phi) is 4.46. The van der Waals surface area contributed by atoms with Crippen LogP contribution in [0.25, 0.3) is 0 Å². The number of hydrogen-bond donors (Lipinski definition) is 1. The van der Waals surface area contributed by atoms with Gasteiger partial charge in [0.25, 0.3) is 0 Å². The molecule has 20 heavy (non-hydrogen) atoms. The third-order valence-corrected chi connectivity index (χ3v) is 3.48. The summed E-state index contributed by atoms with van der Waals surface area (Å²) in [5, 5.41) is 10.7. The second-order valence-electron chi connectivity index (χ2n) is 5.24. The van der Waals surface area contributed by atoms with Crippen molar-refractivity contribution in [2.45, 2.75) is 33.8 Å². The normalized spacial score (nSPS) is 12.2. The Morgan fingerprint density at radius 3 is 2.25 bits per heavy atom. The van der Waals surface area contributed by atoms with Crippen molar-refractivity contribution in [3.8, 4) is 5.75 Å². The maximum Gasteiger partial charge on any atom is 0.125 e. The Labute approximate surface area is 121 Å². The third kappa shape index (κ3) is 3.02. The molecule has 0 aliphatic heterocycles. The largest absolute Gasteiger partial charge is 0.493 e. The van der Waals surface area contributed by atoms with Crippen molar-refractivity contribution in [3.05, 3.63) is 64.2 Å². The fourth-order valence-corrected chi connectivity index (χ4v) is 2.47. The van der Waals surface area contributed by atoms with Crippen LogP contribution in [-0.2, 0) is 0 Å². The standard InChI is InChI=1S/C18H22O2/c1-5-20-17-9-7-13(3)11-16(17)18(19)15-8-6-12(2)10-14(15)4/h6-11,18-19H,5H2,1-4H3. The van der Waals surface area contributed by atoms with Crippen molar-refractivity contribution < 1.29 is 9.84 Å². The lowest BCUT2D eigenvalue weighted by atomic mass is 9.94. The summed E-state index contributed by atoms with van der Waals surface area (Å²) in [5.41, 5.74) is 5.18. The first-order chi connectivity index (χ1) is 9.52. The number of rotatable bonds is 4. The van der Waals surface area contributed by atoms with Crippen LogP contribution < -0.4 is 4.74 Å². The van der Waals surface area contributed by atoms with E-state index >= 15 is 0 Å². The molecule has 0 fully saturated rings. The smallest absolute Gasteiger partial charge is 0.125 e. The van der Waals surface area contributed by atoms with Crippen LogP contribution in [-0.4, -0.2) is 11.7 Å². The zero-order chi connectivity index (χ0) is 14.7. The lowest BCUT2D eigenvalue weighted by Gasteiger charge is -2.18. The molecule has 0 amide bonds. The quantitative estimate of drug-likeness (QED) is 0.906. The van der Waals surface area contributed by atoms with Crippen LogP contribution in [0.2, 0.25) is 0 Å². The first-order valence-electron chi connectivity index (χ1n) is 7.01. The SMILES string of the molecule is CCOc1ccc(C)cc1C(O)c1ccc(C)cc1C. The number of ether oxygens (including phenoxy) is 1. The molecule has 2 heteroatoms. The van der Waals surface area contributed by atoms with E-state index in [0.717, 1.165) is 28.0 Å². The van der Waals surface area contributed by atoms with Gasteiger partial charge in [-0.1, -0.05) is 35.4 Å². The molecule has 1 unspecified atom stereocenters. The van der Waals surface area contributed by atoms with Crippen molar-refractivity contribution in [3.63, 3.8) is 0 Å². The fourth-order valence-electron chi connectivity index (χ4n) is 2.47. The second kappa shape index (κ2) is 6.10. The van der Waals surface area contributed by atoms with Crippen LogP contribution >= 0.6 is 0 Å². The van der Waals surface area contributed by atoms with E-state index in [1.807, 2.05) is 51.1 Å². The van der Waals surface area contributed by atoms with Crippen LogP contribution in [0.15, 0.2) is 36.4 Å². The van der Waals surface area contributed by atoms with Gasteiger partial charge in [-0.05, 0) is 51.0 Å². The minimum Gasteiger partial charge on any atom is -0.493 e. The summed E-state index contributed by atoms with van der Waals surface area (Å²) >= 11 is 0. The molecule has 106 valence electrons. The Morgan fingerprint density at radius 2 is 1.60 bits per heavy atom. The number of benzene rings is 2. The first-order valence-corrected chi connectivity index (χ1v) is 7.01. The molecular formula is C18H22O2. The molecule has 2 nitrogen and oxygen atoms in total. The highest BCUT2D eigenvalue weighted by Crippen LogP contribution is 2.32. The highest BCUT2D eigenvalue weighted by Gasteiger charge is 2.17. The van der Waals surface area contributed by atoms with E-state index in [1.165, 1.54) is 5.56 Å². The van der Waals surface area contributed by atoms with Gasteiger partial charge >= 0.3 is 0 Å². The second-order valence-corrected chi connectivity index (χ2v) is 5.24. The molecule has 0 bridgehead atoms. The summed E-state index contributed by atoms with van der Waals surface area (Å²) < 4.78 is 5.64. The van der Waals surface area contributed by atoms with Gasteiger partial charge in [0.2, 0.25) is 0 Å². The highest BCUT2D eigenvalue weighted by atomic mass is 16.5. The van der Waals surface area contributed by atoms with Crippen molar-refractivity contribution in [1.29, 1.82) is 0 Å². The van der Waals surface area contributed by atoms with Crippen molar-refractivity contribution in [2.24, 2.45) is 0 Å². The van der Waals surface area contributed by atoms with Gasteiger partial charge in [0.05, 0.1) is 6.61 Å². The van der Waals surface area contributed by atoms with Gasteiger partial charge in [0.15, 0.2) is 0 Å². The summed E-state index contributed by atoms with van der Waals surface area (Å²) in [6, 6.07) is 12.0. The molecule has 0 spiro atoms. The lowest BCUT2D eigenvalue weighted by molar-refractivity contribution is 0.211. The van der Waals surface area contributed by atoms with Crippen LogP contribution in [0.1, 0.15) is 40.8 Å². The van der Waals surface area contributed by atoms with Crippen molar-refractivity contribution >= 4 is 0 Å². The Morgan fingerprint density at radius 1 is 0.950 bits per heavy atom. The number of aryl methyl sites for hydroxylation is 3. The maximum atomic E-state index is 10.7. The molecule has 0 saturated heterocycles. The molecule has 1 atom stereocenters. The van der Waals surface area contributed by atoms with E-state index in [4.69, 9.17) is 4.74 Å². The van der Waals surface area contributed by atoms with Gasteiger partial charge < -0.3 is 9.84 Å². The highest BCUT2D eigenvalue weighted by molar-refractivity contribution is 5.45. The van der Waals surface area contributed by atoms with E-state index in [0.29, 0.717) is 6.61 Å². The minimum absolute atomic E-state index is 0.593. The molecule has 0 aliphatic rings. The molecule has 0 aromatic heterocycles. The Balaban J connectivity index is 2.46. The van der Waals surface area contributed by atoms with Gasteiger partial charge in [-0.3, -0.25) is 0 Å². The van der Waals surface area contributed by atoms with Gasteiger partial charge in [-0.15, -0.1) is 0 Å². The Bertz CT molecular complexity index is 602. The monoisotopic (exact) mass is 270 g/mol. The van der Waals surface area contributed by atoms with E-state index in [1.54, 1.807) is 0 Å². The molecule has 2 rings (SSSR count). The maximum absolute atomic E-state index is 10.7. The van der Waals surface area contributed by atoms with Crippen molar-refractivity contribution in [1.82, 2.24) is 0 Å². The molecule has 0 heterocycles. The molecule has 2 aromatic rings. The Hall–Kier alpha value is -1.80. The van der Waals surface area contributed by atoms with E-state index < -0.39 is 6.10 Å². The third-order valence-electron chi connectivity index (χ3n) is 3.48. The van der Waals surface area contributed by atoms with Crippen molar-refractivity contribution in [2.75, 3.05) is 6.61 Å². The molecule has 2 aromatic carbocycles. The average Bonchev–Trinajstić information content (AvgIpc) is 2.40. The predicted octanol–water partition coefficient (Wildman–Crippen LogP) is 4.09. The van der Waals surface area contributed by atoms with Crippen LogP contribution in [0.5, 0.6) is 5.75 Å². The first kappa shape index (κ1) is 14.6. The lowest BCUT2D eigenvalue weighted by Crippen LogP contribution is -2.06. The summed E-state index contributed by atoms with van der Waals surface area (Å²) in [6.45, 7) is 8.65. The van der Waals surface area contributed by atoms with Gasteiger partial charge in [0, 0.05) is 5.56 Å². The molecule has 0 radical (unpaired) electrons. The molecule has 1 N–H and O–H groups in total. The van der Waals surface area contributed by atoms with Crippen LogP contribution in [0.4, 0.5) is 0 Å². The number of aliphatic hydroxyl groups excluding tert-OH is 1. The molecule has 0 aliphatic carbocycles.